The predicted octanol–water partition coefficient (Wildman–Crippen LogP) is 4.28. The molecule has 0 bridgehead atoms. The first-order valence-corrected chi connectivity index (χ1v) is 8.39. The summed E-state index contributed by atoms with van der Waals surface area (Å²) in [6.07, 6.45) is 10.6. The number of piperidine rings is 1. The first-order chi connectivity index (χ1) is 10.4. The lowest BCUT2D eigenvalue weighted by Gasteiger charge is -2.32. The van der Waals surface area contributed by atoms with Gasteiger partial charge >= 0.3 is 0 Å². The minimum Gasteiger partial charge on any atom is -0.342 e. The molecule has 112 valence electrons. The quantitative estimate of drug-likeness (QED) is 0.758. The minimum atomic E-state index is -0.0374. The summed E-state index contributed by atoms with van der Waals surface area (Å²) in [6, 6.07) is 10.4. The maximum atomic E-state index is 13.1. The van der Waals surface area contributed by atoms with Crippen molar-refractivity contribution in [2.75, 3.05) is 13.1 Å². The molecule has 1 amide bonds. The molecule has 1 heterocycles. The van der Waals surface area contributed by atoms with Crippen molar-refractivity contribution in [2.45, 2.75) is 50.9 Å². The van der Waals surface area contributed by atoms with Crippen molar-refractivity contribution < 1.29 is 4.79 Å². The third-order valence-electron chi connectivity index (χ3n) is 4.74. The number of likely N-dealkylation sites (tertiary alicyclic amines) is 1. The van der Waals surface area contributed by atoms with Crippen molar-refractivity contribution >= 4 is 5.91 Å². The van der Waals surface area contributed by atoms with Crippen molar-refractivity contribution in [3.8, 4) is 0 Å². The van der Waals surface area contributed by atoms with Crippen molar-refractivity contribution in [3.05, 3.63) is 47.5 Å². The van der Waals surface area contributed by atoms with Gasteiger partial charge in [0.2, 0.25) is 5.91 Å². The lowest BCUT2D eigenvalue weighted by atomic mass is 9.83. The molecular formula is C19H25NO. The lowest BCUT2D eigenvalue weighted by molar-refractivity contribution is -0.132. The number of amides is 1. The first-order valence-electron chi connectivity index (χ1n) is 8.39. The molecule has 2 heteroatoms. The van der Waals surface area contributed by atoms with Gasteiger partial charge in [0.05, 0.1) is 5.92 Å². The highest BCUT2D eigenvalue weighted by Gasteiger charge is 2.30. The molecule has 0 radical (unpaired) electrons. The Hall–Kier alpha value is -1.57. The van der Waals surface area contributed by atoms with E-state index in [-0.39, 0.29) is 5.92 Å². The first kappa shape index (κ1) is 14.4. The average Bonchev–Trinajstić information content (AvgIpc) is 2.58. The monoisotopic (exact) mass is 283 g/mol. The summed E-state index contributed by atoms with van der Waals surface area (Å²) < 4.78 is 0. The molecule has 2 nitrogen and oxygen atoms in total. The number of allylic oxidation sites excluding steroid dienone is 1. The van der Waals surface area contributed by atoms with Crippen LogP contribution in [0.2, 0.25) is 0 Å². The van der Waals surface area contributed by atoms with Gasteiger partial charge in [-0.2, -0.15) is 0 Å². The van der Waals surface area contributed by atoms with Gasteiger partial charge in [0.25, 0.3) is 0 Å². The van der Waals surface area contributed by atoms with Crippen LogP contribution in [0.3, 0.4) is 0 Å². The van der Waals surface area contributed by atoms with Crippen LogP contribution in [-0.4, -0.2) is 23.9 Å². The van der Waals surface area contributed by atoms with Gasteiger partial charge in [0, 0.05) is 13.1 Å². The second-order valence-corrected chi connectivity index (χ2v) is 6.25. The Labute approximate surface area is 127 Å². The van der Waals surface area contributed by atoms with Gasteiger partial charge in [-0.25, -0.2) is 0 Å². The largest absolute Gasteiger partial charge is 0.342 e. The molecule has 21 heavy (non-hydrogen) atoms. The van der Waals surface area contributed by atoms with E-state index in [1.165, 1.54) is 30.4 Å². The SMILES string of the molecule is O=C(C(C1=CCCCC1)c1ccccc1)N1CCCCC1. The van der Waals surface area contributed by atoms with E-state index in [0.717, 1.165) is 38.8 Å². The molecular weight excluding hydrogens is 258 g/mol. The average molecular weight is 283 g/mol. The summed E-state index contributed by atoms with van der Waals surface area (Å²) in [6.45, 7) is 1.88. The summed E-state index contributed by atoms with van der Waals surface area (Å²) in [4.78, 5) is 15.2. The van der Waals surface area contributed by atoms with Gasteiger partial charge in [-0.1, -0.05) is 42.0 Å². The van der Waals surface area contributed by atoms with Gasteiger partial charge in [-0.3, -0.25) is 4.79 Å². The smallest absolute Gasteiger partial charge is 0.234 e. The van der Waals surface area contributed by atoms with Crippen molar-refractivity contribution in [3.63, 3.8) is 0 Å². The Morgan fingerprint density at radius 3 is 2.38 bits per heavy atom. The number of hydrogen-bond acceptors (Lipinski definition) is 1. The van der Waals surface area contributed by atoms with Gasteiger partial charge in [0.1, 0.15) is 0 Å². The third kappa shape index (κ3) is 3.37. The van der Waals surface area contributed by atoms with Crippen molar-refractivity contribution in [2.24, 2.45) is 0 Å². The lowest BCUT2D eigenvalue weighted by Crippen LogP contribution is -2.39. The Bertz CT molecular complexity index is 500. The third-order valence-corrected chi connectivity index (χ3v) is 4.74. The molecule has 1 fully saturated rings. The summed E-state index contributed by atoms with van der Waals surface area (Å²) in [7, 11) is 0. The zero-order valence-corrected chi connectivity index (χ0v) is 12.8. The topological polar surface area (TPSA) is 20.3 Å². The van der Waals surface area contributed by atoms with E-state index in [0.29, 0.717) is 5.91 Å². The highest BCUT2D eigenvalue weighted by molar-refractivity contribution is 5.87. The van der Waals surface area contributed by atoms with Crippen LogP contribution in [-0.2, 0) is 4.79 Å². The minimum absolute atomic E-state index is 0.0374. The zero-order chi connectivity index (χ0) is 14.5. The van der Waals surface area contributed by atoms with E-state index >= 15 is 0 Å². The van der Waals surface area contributed by atoms with Gasteiger partial charge < -0.3 is 4.90 Å². The highest BCUT2D eigenvalue weighted by atomic mass is 16.2. The molecule has 0 saturated carbocycles. The van der Waals surface area contributed by atoms with Crippen LogP contribution in [0.1, 0.15) is 56.4 Å². The number of nitrogens with zero attached hydrogens (tertiary/aromatic N) is 1. The van der Waals surface area contributed by atoms with E-state index in [9.17, 15) is 4.79 Å². The molecule has 1 saturated heterocycles. The standard InChI is InChI=1S/C19H25NO/c21-19(20-14-8-3-9-15-20)18(16-10-4-1-5-11-16)17-12-6-2-7-13-17/h1,4-5,10-12,18H,2-3,6-9,13-15H2. The molecule has 1 aliphatic carbocycles. The summed E-state index contributed by atoms with van der Waals surface area (Å²) >= 11 is 0. The molecule has 1 unspecified atom stereocenters. The molecule has 1 aromatic carbocycles. The predicted molar refractivity (Wildman–Crippen MR) is 86.2 cm³/mol. The Morgan fingerprint density at radius 1 is 0.952 bits per heavy atom. The van der Waals surface area contributed by atoms with Crippen LogP contribution in [0, 0.1) is 0 Å². The molecule has 0 spiro atoms. The van der Waals surface area contributed by atoms with Crippen molar-refractivity contribution in [1.29, 1.82) is 0 Å². The number of hydrogen-bond donors (Lipinski definition) is 0. The Kier molecular flexibility index (Phi) is 4.74. The molecule has 1 aromatic rings. The summed E-state index contributed by atoms with van der Waals surface area (Å²) in [5.41, 5.74) is 2.52. The molecule has 1 aliphatic heterocycles. The second-order valence-electron chi connectivity index (χ2n) is 6.25. The van der Waals surface area contributed by atoms with Crippen LogP contribution in [0.4, 0.5) is 0 Å². The van der Waals surface area contributed by atoms with Crippen LogP contribution in [0.25, 0.3) is 0 Å². The van der Waals surface area contributed by atoms with Crippen LogP contribution in [0.15, 0.2) is 42.0 Å². The number of benzene rings is 1. The van der Waals surface area contributed by atoms with Gasteiger partial charge in [-0.05, 0) is 50.5 Å². The Morgan fingerprint density at radius 2 is 1.71 bits per heavy atom. The summed E-state index contributed by atoms with van der Waals surface area (Å²) in [5.74, 6) is 0.290. The van der Waals surface area contributed by atoms with Gasteiger partial charge in [-0.15, -0.1) is 0 Å². The second kappa shape index (κ2) is 6.93. The number of carbonyl (C=O) groups excluding carboxylic acids is 1. The van der Waals surface area contributed by atoms with Crippen LogP contribution in [0.5, 0.6) is 0 Å². The van der Waals surface area contributed by atoms with E-state index in [1.54, 1.807) is 0 Å². The molecule has 2 aliphatic rings. The molecule has 3 rings (SSSR count). The fourth-order valence-electron chi connectivity index (χ4n) is 3.58. The van der Waals surface area contributed by atoms with Crippen LogP contribution < -0.4 is 0 Å². The zero-order valence-electron chi connectivity index (χ0n) is 12.8. The molecule has 1 atom stereocenters. The molecule has 0 aromatic heterocycles. The van der Waals surface area contributed by atoms with E-state index in [1.807, 2.05) is 6.07 Å². The fourth-order valence-corrected chi connectivity index (χ4v) is 3.58. The van der Waals surface area contributed by atoms with Crippen molar-refractivity contribution in [1.82, 2.24) is 4.90 Å². The van der Waals surface area contributed by atoms with E-state index in [4.69, 9.17) is 0 Å². The van der Waals surface area contributed by atoms with Gasteiger partial charge in [0.15, 0.2) is 0 Å². The number of rotatable bonds is 3. The Balaban J connectivity index is 1.88. The van der Waals surface area contributed by atoms with E-state index in [2.05, 4.69) is 35.2 Å². The normalized spacial score (nSPS) is 20.8. The summed E-state index contributed by atoms with van der Waals surface area (Å²) in [5, 5.41) is 0. The highest BCUT2D eigenvalue weighted by Crippen LogP contribution is 2.33. The van der Waals surface area contributed by atoms with Crippen LogP contribution >= 0.6 is 0 Å². The number of carbonyl (C=O) groups is 1. The maximum absolute atomic E-state index is 13.1. The fraction of sp³-hybridized carbons (Fsp3) is 0.526. The molecule has 0 N–H and O–H groups in total. The van der Waals surface area contributed by atoms with E-state index < -0.39 is 0 Å². The maximum Gasteiger partial charge on any atom is 0.234 e.